The third-order valence-electron chi connectivity index (χ3n) is 4.89. The normalized spacial score (nSPS) is 17.0. The summed E-state index contributed by atoms with van der Waals surface area (Å²) in [6.45, 7) is 7.58. The minimum absolute atomic E-state index is 0. The van der Waals surface area contributed by atoms with Gasteiger partial charge < -0.3 is 19.9 Å². The van der Waals surface area contributed by atoms with Gasteiger partial charge in [-0.25, -0.2) is 4.98 Å². The Morgan fingerprint density at radius 2 is 2.10 bits per heavy atom. The second kappa shape index (κ2) is 11.2. The van der Waals surface area contributed by atoms with Crippen molar-refractivity contribution >= 4 is 18.3 Å². The third kappa shape index (κ3) is 6.73. The molecule has 3 rings (SSSR count). The van der Waals surface area contributed by atoms with E-state index in [4.69, 9.17) is 4.74 Å². The number of ether oxygens (including phenoxy) is 1. The summed E-state index contributed by atoms with van der Waals surface area (Å²) >= 11 is 0. The summed E-state index contributed by atoms with van der Waals surface area (Å²) in [4.78, 5) is 19.1. The lowest BCUT2D eigenvalue weighted by atomic mass is 10.1. The Hall–Kier alpha value is -2.09. The number of halogens is 1. The molecule has 1 amide bonds. The van der Waals surface area contributed by atoms with Crippen LogP contribution in [0.3, 0.4) is 0 Å². The Morgan fingerprint density at radius 1 is 1.34 bits per heavy atom. The number of amides is 1. The van der Waals surface area contributed by atoms with Crippen LogP contribution in [0.15, 0.2) is 36.7 Å². The van der Waals surface area contributed by atoms with E-state index in [-0.39, 0.29) is 30.5 Å². The summed E-state index contributed by atoms with van der Waals surface area (Å²) in [5, 5.41) is 6.44. The highest BCUT2D eigenvalue weighted by molar-refractivity contribution is 5.85. The van der Waals surface area contributed by atoms with Crippen LogP contribution >= 0.6 is 12.4 Å². The van der Waals surface area contributed by atoms with Gasteiger partial charge in [0.15, 0.2) is 0 Å². The minimum Gasteiger partial charge on any atom is -0.491 e. The number of carbonyl (C=O) groups excluding carboxylic acids is 1. The topological polar surface area (TPSA) is 71.4 Å². The van der Waals surface area contributed by atoms with E-state index in [0.29, 0.717) is 13.1 Å². The van der Waals surface area contributed by atoms with Crippen molar-refractivity contribution in [3.05, 3.63) is 48.0 Å². The van der Waals surface area contributed by atoms with E-state index in [1.54, 1.807) is 6.20 Å². The molecule has 8 heteroatoms. The number of aromatic nitrogens is 2. The maximum Gasteiger partial charge on any atom is 0.234 e. The van der Waals surface area contributed by atoms with Gasteiger partial charge in [0.1, 0.15) is 11.6 Å². The zero-order valence-electron chi connectivity index (χ0n) is 17.4. The molecule has 1 unspecified atom stereocenters. The van der Waals surface area contributed by atoms with Crippen molar-refractivity contribution in [2.24, 2.45) is 7.05 Å². The fourth-order valence-corrected chi connectivity index (χ4v) is 3.48. The van der Waals surface area contributed by atoms with Crippen LogP contribution in [-0.4, -0.2) is 59.2 Å². The van der Waals surface area contributed by atoms with E-state index in [1.807, 2.05) is 43.8 Å². The summed E-state index contributed by atoms with van der Waals surface area (Å²) in [5.74, 6) is 1.92. The van der Waals surface area contributed by atoms with Crippen molar-refractivity contribution in [3.8, 4) is 5.75 Å². The molecule has 2 N–H and O–H groups in total. The number of nitrogens with one attached hydrogen (secondary N) is 2. The second-order valence-electron chi connectivity index (χ2n) is 7.50. The van der Waals surface area contributed by atoms with Crippen molar-refractivity contribution in [1.82, 2.24) is 25.1 Å². The Bertz CT molecular complexity index is 763. The Labute approximate surface area is 179 Å². The van der Waals surface area contributed by atoms with E-state index >= 15 is 0 Å². The van der Waals surface area contributed by atoms with Gasteiger partial charge in [-0.2, -0.15) is 0 Å². The first kappa shape index (κ1) is 23.2. The smallest absolute Gasteiger partial charge is 0.234 e. The number of nitrogens with zero attached hydrogens (tertiary/aromatic N) is 3. The number of hydrogen-bond donors (Lipinski definition) is 2. The SMILES string of the molecule is CC(C)Oc1ccc(CCNC(=O)CN2CCNCC2c2nccn2C)cc1.Cl. The van der Waals surface area contributed by atoms with Crippen molar-refractivity contribution in [1.29, 1.82) is 0 Å². The van der Waals surface area contributed by atoms with Crippen molar-refractivity contribution in [2.45, 2.75) is 32.4 Å². The van der Waals surface area contributed by atoms with Crippen molar-refractivity contribution in [2.75, 3.05) is 32.7 Å². The molecule has 29 heavy (non-hydrogen) atoms. The van der Waals surface area contributed by atoms with Gasteiger partial charge in [0.05, 0.1) is 18.7 Å². The molecule has 0 radical (unpaired) electrons. The van der Waals surface area contributed by atoms with Crippen LogP contribution < -0.4 is 15.4 Å². The van der Waals surface area contributed by atoms with Crippen molar-refractivity contribution < 1.29 is 9.53 Å². The molecule has 2 heterocycles. The van der Waals surface area contributed by atoms with Crippen LogP contribution in [0.5, 0.6) is 5.75 Å². The molecule has 0 spiro atoms. The molecule has 1 aromatic heterocycles. The largest absolute Gasteiger partial charge is 0.491 e. The molecule has 1 atom stereocenters. The Morgan fingerprint density at radius 3 is 2.76 bits per heavy atom. The molecule has 1 saturated heterocycles. The molecule has 1 fully saturated rings. The van der Waals surface area contributed by atoms with E-state index in [0.717, 1.165) is 37.6 Å². The van der Waals surface area contributed by atoms with Gasteiger partial charge in [-0.15, -0.1) is 12.4 Å². The summed E-state index contributed by atoms with van der Waals surface area (Å²) in [7, 11) is 1.99. The van der Waals surface area contributed by atoms with Crippen LogP contribution in [0.4, 0.5) is 0 Å². The monoisotopic (exact) mass is 421 g/mol. The predicted octanol–water partition coefficient (Wildman–Crippen LogP) is 1.93. The first-order chi connectivity index (χ1) is 13.5. The van der Waals surface area contributed by atoms with Crippen LogP contribution in [0, 0.1) is 0 Å². The average molecular weight is 422 g/mol. The molecule has 0 bridgehead atoms. The zero-order valence-corrected chi connectivity index (χ0v) is 18.2. The number of benzene rings is 1. The van der Waals surface area contributed by atoms with Crippen LogP contribution in [-0.2, 0) is 18.3 Å². The van der Waals surface area contributed by atoms with E-state index < -0.39 is 0 Å². The maximum absolute atomic E-state index is 12.5. The lowest BCUT2D eigenvalue weighted by Crippen LogP contribution is -2.50. The van der Waals surface area contributed by atoms with Gasteiger partial charge in [0.2, 0.25) is 5.91 Å². The highest BCUT2D eigenvalue weighted by Gasteiger charge is 2.28. The van der Waals surface area contributed by atoms with E-state index in [2.05, 4.69) is 32.7 Å². The molecule has 1 aliphatic heterocycles. The maximum atomic E-state index is 12.5. The lowest BCUT2D eigenvalue weighted by molar-refractivity contribution is -0.123. The molecule has 160 valence electrons. The minimum atomic E-state index is 0. The first-order valence-electron chi connectivity index (χ1n) is 9.97. The number of imidazole rings is 1. The number of hydrogen-bond acceptors (Lipinski definition) is 5. The zero-order chi connectivity index (χ0) is 19.9. The van der Waals surface area contributed by atoms with Gasteiger partial charge in [0.25, 0.3) is 0 Å². The standard InChI is InChI=1S/C21H31N5O2.ClH/c1-16(2)28-18-6-4-17(5-7-18)8-9-23-20(27)15-26-13-10-22-14-19(26)21-24-11-12-25(21)3;/h4-7,11-12,16,19,22H,8-10,13-15H2,1-3H3,(H,23,27);1H. The fourth-order valence-electron chi connectivity index (χ4n) is 3.48. The van der Waals surface area contributed by atoms with Gasteiger partial charge >= 0.3 is 0 Å². The number of carbonyl (C=O) groups is 1. The summed E-state index contributed by atoms with van der Waals surface area (Å²) in [6, 6.07) is 8.19. The van der Waals surface area contributed by atoms with Gasteiger partial charge in [-0.3, -0.25) is 9.69 Å². The molecule has 1 aromatic carbocycles. The van der Waals surface area contributed by atoms with Crippen LogP contribution in [0.2, 0.25) is 0 Å². The summed E-state index contributed by atoms with van der Waals surface area (Å²) < 4.78 is 7.68. The average Bonchev–Trinajstić information content (AvgIpc) is 3.09. The number of rotatable bonds is 8. The lowest BCUT2D eigenvalue weighted by Gasteiger charge is -2.35. The molecule has 1 aliphatic rings. The highest BCUT2D eigenvalue weighted by Crippen LogP contribution is 2.19. The third-order valence-corrected chi connectivity index (χ3v) is 4.89. The molecule has 0 aliphatic carbocycles. The second-order valence-corrected chi connectivity index (χ2v) is 7.50. The van der Waals surface area contributed by atoms with E-state index in [9.17, 15) is 4.79 Å². The molecule has 0 saturated carbocycles. The number of piperazine rings is 1. The van der Waals surface area contributed by atoms with Gasteiger partial charge in [0, 0.05) is 45.6 Å². The van der Waals surface area contributed by atoms with Crippen molar-refractivity contribution in [3.63, 3.8) is 0 Å². The van der Waals surface area contributed by atoms with Crippen LogP contribution in [0.25, 0.3) is 0 Å². The highest BCUT2D eigenvalue weighted by atomic mass is 35.5. The van der Waals surface area contributed by atoms with Gasteiger partial charge in [-0.1, -0.05) is 12.1 Å². The molecule has 7 nitrogen and oxygen atoms in total. The summed E-state index contributed by atoms with van der Waals surface area (Å²) in [5.41, 5.74) is 1.18. The van der Waals surface area contributed by atoms with Crippen LogP contribution in [0.1, 0.15) is 31.3 Å². The first-order valence-corrected chi connectivity index (χ1v) is 9.97. The van der Waals surface area contributed by atoms with E-state index in [1.165, 1.54) is 5.56 Å². The molecule has 2 aromatic rings. The predicted molar refractivity (Wildman–Crippen MR) is 117 cm³/mol. The van der Waals surface area contributed by atoms with Gasteiger partial charge in [-0.05, 0) is 38.0 Å². The molecular weight excluding hydrogens is 390 g/mol. The Balaban J connectivity index is 0.00000300. The Kier molecular flexibility index (Phi) is 8.95. The quantitative estimate of drug-likeness (QED) is 0.681. The summed E-state index contributed by atoms with van der Waals surface area (Å²) in [6.07, 6.45) is 4.72. The fraction of sp³-hybridized carbons (Fsp3) is 0.524. The number of aryl methyl sites for hydroxylation is 1. The molecular formula is C21H32ClN5O2.